The molecule has 1 amide bonds. The molecule has 1 aliphatic rings. The molecule has 3 heterocycles. The zero-order valence-corrected chi connectivity index (χ0v) is 15.5. The van der Waals surface area contributed by atoms with Gasteiger partial charge in [-0.15, -0.1) is 0 Å². The van der Waals surface area contributed by atoms with Crippen LogP contribution in [0.25, 0.3) is 0 Å². The normalized spacial score (nSPS) is 13.7. The fourth-order valence-corrected chi connectivity index (χ4v) is 2.85. The number of carbonyl (C=O) groups excluding carboxylic acids is 1. The highest BCUT2D eigenvalue weighted by Gasteiger charge is 2.19. The molecule has 4 rings (SSSR count). The van der Waals surface area contributed by atoms with Crippen molar-refractivity contribution in [2.75, 3.05) is 35.2 Å². The van der Waals surface area contributed by atoms with Crippen LogP contribution in [0, 0.1) is 5.82 Å². The molecule has 0 spiro atoms. The molecule has 1 fully saturated rings. The summed E-state index contributed by atoms with van der Waals surface area (Å²) < 4.78 is 13.1. The summed E-state index contributed by atoms with van der Waals surface area (Å²) in [5.41, 5.74) is 0.890. The van der Waals surface area contributed by atoms with Crippen molar-refractivity contribution in [1.29, 1.82) is 0 Å². The van der Waals surface area contributed by atoms with E-state index in [0.717, 1.165) is 5.56 Å². The van der Waals surface area contributed by atoms with Gasteiger partial charge in [-0.2, -0.15) is 9.97 Å². The zero-order chi connectivity index (χ0) is 20.1. The van der Waals surface area contributed by atoms with E-state index in [1.165, 1.54) is 12.1 Å². The monoisotopic (exact) mass is 394 g/mol. The Labute approximate surface area is 166 Å². The van der Waals surface area contributed by atoms with E-state index >= 15 is 0 Å². The fraction of sp³-hybridized carbons (Fsp3) is 0.211. The highest BCUT2D eigenvalue weighted by molar-refractivity contribution is 5.82. The minimum Gasteiger partial charge on any atom is -0.353 e. The number of amides is 1. The summed E-state index contributed by atoms with van der Waals surface area (Å²) in [6.45, 7) is 1.84. The highest BCUT2D eigenvalue weighted by Crippen LogP contribution is 2.21. The molecular weight excluding hydrogens is 375 g/mol. The van der Waals surface area contributed by atoms with Crippen LogP contribution in [0.4, 0.5) is 27.8 Å². The first kappa shape index (κ1) is 18.5. The number of benzene rings is 1. The third kappa shape index (κ3) is 4.92. The molecule has 0 atom stereocenters. The van der Waals surface area contributed by atoms with Gasteiger partial charge in [-0.05, 0) is 17.7 Å². The molecule has 9 nitrogen and oxygen atoms in total. The van der Waals surface area contributed by atoms with Crippen molar-refractivity contribution in [3.05, 3.63) is 60.3 Å². The lowest BCUT2D eigenvalue weighted by Gasteiger charge is -2.28. The zero-order valence-electron chi connectivity index (χ0n) is 15.5. The van der Waals surface area contributed by atoms with E-state index < -0.39 is 0 Å². The van der Waals surface area contributed by atoms with Gasteiger partial charge in [0.15, 0.2) is 0 Å². The van der Waals surface area contributed by atoms with Gasteiger partial charge in [-0.1, -0.05) is 12.1 Å². The van der Waals surface area contributed by atoms with Crippen molar-refractivity contribution in [3.8, 4) is 0 Å². The van der Waals surface area contributed by atoms with Crippen molar-refractivity contribution in [2.24, 2.45) is 0 Å². The Morgan fingerprint density at radius 2 is 2.00 bits per heavy atom. The van der Waals surface area contributed by atoms with Gasteiger partial charge in [0.25, 0.3) is 0 Å². The van der Waals surface area contributed by atoms with E-state index in [2.05, 4.69) is 35.9 Å². The Balaban J connectivity index is 1.58. The van der Waals surface area contributed by atoms with Crippen LogP contribution < -0.4 is 20.9 Å². The van der Waals surface area contributed by atoms with E-state index in [1.54, 1.807) is 36.8 Å². The molecule has 0 aliphatic carbocycles. The van der Waals surface area contributed by atoms with Gasteiger partial charge in [0.1, 0.15) is 23.3 Å². The van der Waals surface area contributed by atoms with E-state index in [1.807, 2.05) is 4.90 Å². The third-order valence-corrected chi connectivity index (χ3v) is 4.26. The maximum absolute atomic E-state index is 13.1. The van der Waals surface area contributed by atoms with Crippen molar-refractivity contribution in [3.63, 3.8) is 0 Å². The molecule has 0 radical (unpaired) electrons. The Morgan fingerprint density at radius 1 is 1.14 bits per heavy atom. The Kier molecular flexibility index (Phi) is 5.41. The average molecular weight is 394 g/mol. The summed E-state index contributed by atoms with van der Waals surface area (Å²) >= 11 is 0. The van der Waals surface area contributed by atoms with E-state index in [-0.39, 0.29) is 18.3 Å². The maximum Gasteiger partial charge on any atom is 0.239 e. The lowest BCUT2D eigenvalue weighted by atomic mass is 10.2. The van der Waals surface area contributed by atoms with Crippen LogP contribution in [0.5, 0.6) is 0 Å². The van der Waals surface area contributed by atoms with Gasteiger partial charge in [-0.25, -0.2) is 9.37 Å². The first-order valence-corrected chi connectivity index (χ1v) is 9.08. The predicted octanol–water partition coefficient (Wildman–Crippen LogP) is 1.70. The van der Waals surface area contributed by atoms with Crippen LogP contribution in [0.2, 0.25) is 0 Å². The van der Waals surface area contributed by atoms with Gasteiger partial charge in [-0.3, -0.25) is 9.78 Å². The summed E-state index contributed by atoms with van der Waals surface area (Å²) in [6, 6.07) is 7.96. The SMILES string of the molecule is O=C1CN(c2cc(Nc3cnccn3)nc(NCc3ccc(F)cc3)n2)CCN1. The summed E-state index contributed by atoms with van der Waals surface area (Å²) in [5.74, 6) is 1.71. The highest BCUT2D eigenvalue weighted by atomic mass is 19.1. The Morgan fingerprint density at radius 3 is 2.76 bits per heavy atom. The quantitative estimate of drug-likeness (QED) is 0.580. The van der Waals surface area contributed by atoms with Crippen molar-refractivity contribution in [2.45, 2.75) is 6.54 Å². The molecule has 0 saturated carbocycles. The number of piperazine rings is 1. The first-order valence-electron chi connectivity index (χ1n) is 9.08. The van der Waals surface area contributed by atoms with Crippen LogP contribution in [0.1, 0.15) is 5.56 Å². The number of nitrogens with zero attached hydrogens (tertiary/aromatic N) is 5. The van der Waals surface area contributed by atoms with Gasteiger partial charge < -0.3 is 20.9 Å². The number of nitrogens with one attached hydrogen (secondary N) is 3. The maximum atomic E-state index is 13.1. The molecule has 148 valence electrons. The smallest absolute Gasteiger partial charge is 0.239 e. The van der Waals surface area contributed by atoms with Crippen LogP contribution in [0.3, 0.4) is 0 Å². The van der Waals surface area contributed by atoms with Crippen molar-refractivity contribution in [1.82, 2.24) is 25.3 Å². The molecule has 0 unspecified atom stereocenters. The molecule has 1 aromatic carbocycles. The topological polar surface area (TPSA) is 108 Å². The lowest BCUT2D eigenvalue weighted by molar-refractivity contribution is -0.120. The molecule has 3 N–H and O–H groups in total. The Bertz CT molecular complexity index is 983. The van der Waals surface area contributed by atoms with Crippen LogP contribution >= 0.6 is 0 Å². The standard InChI is InChI=1S/C19H19FN8O/c20-14-3-1-13(2-4-14)10-24-19-26-15(25-16-11-21-5-6-22-16)9-17(27-19)28-8-7-23-18(29)12-28/h1-6,9,11H,7-8,10,12H2,(H,23,29)(H2,22,24,25,26,27). The second-order valence-electron chi connectivity index (χ2n) is 6.40. The Hall–Kier alpha value is -3.82. The third-order valence-electron chi connectivity index (χ3n) is 4.26. The van der Waals surface area contributed by atoms with Crippen LogP contribution in [0.15, 0.2) is 48.9 Å². The second kappa shape index (κ2) is 8.46. The number of carbonyl (C=O) groups is 1. The van der Waals surface area contributed by atoms with Gasteiger partial charge >= 0.3 is 0 Å². The fourth-order valence-electron chi connectivity index (χ4n) is 2.85. The molecule has 1 aliphatic heterocycles. The lowest BCUT2D eigenvalue weighted by Crippen LogP contribution is -2.48. The minimum atomic E-state index is -0.286. The van der Waals surface area contributed by atoms with E-state index in [4.69, 9.17) is 0 Å². The number of anilines is 4. The molecule has 2 aromatic heterocycles. The molecular formula is C19H19FN8O. The summed E-state index contributed by atoms with van der Waals surface area (Å²) in [6.07, 6.45) is 4.74. The number of aromatic nitrogens is 4. The van der Waals surface area contributed by atoms with E-state index in [9.17, 15) is 9.18 Å². The number of hydrogen-bond donors (Lipinski definition) is 3. The first-order chi connectivity index (χ1) is 14.2. The number of rotatable bonds is 6. The summed E-state index contributed by atoms with van der Waals surface area (Å²) in [4.78, 5) is 30.9. The second-order valence-corrected chi connectivity index (χ2v) is 6.40. The number of hydrogen-bond acceptors (Lipinski definition) is 8. The predicted molar refractivity (Wildman–Crippen MR) is 106 cm³/mol. The van der Waals surface area contributed by atoms with E-state index in [0.29, 0.717) is 43.0 Å². The average Bonchev–Trinajstić information content (AvgIpc) is 2.74. The van der Waals surface area contributed by atoms with Gasteiger partial charge in [0, 0.05) is 38.1 Å². The van der Waals surface area contributed by atoms with Crippen LogP contribution in [-0.2, 0) is 11.3 Å². The molecule has 0 bridgehead atoms. The largest absolute Gasteiger partial charge is 0.353 e. The molecule has 10 heteroatoms. The van der Waals surface area contributed by atoms with Gasteiger partial charge in [0.05, 0.1) is 12.7 Å². The molecule has 3 aromatic rings. The summed E-state index contributed by atoms with van der Waals surface area (Å²) in [5, 5.41) is 9.05. The van der Waals surface area contributed by atoms with Gasteiger partial charge in [0.2, 0.25) is 11.9 Å². The molecule has 1 saturated heterocycles. The molecule has 29 heavy (non-hydrogen) atoms. The summed E-state index contributed by atoms with van der Waals surface area (Å²) in [7, 11) is 0. The van der Waals surface area contributed by atoms with Crippen molar-refractivity contribution < 1.29 is 9.18 Å². The number of halogens is 1. The van der Waals surface area contributed by atoms with Crippen molar-refractivity contribution >= 4 is 29.3 Å². The van der Waals surface area contributed by atoms with Crippen LogP contribution in [-0.4, -0.2) is 45.5 Å². The minimum absolute atomic E-state index is 0.0564.